The lowest BCUT2D eigenvalue weighted by Gasteiger charge is -2.26. The molecule has 2 N–H and O–H groups in total. The third kappa shape index (κ3) is 3.00. The number of aromatic nitrogens is 2. The van der Waals surface area contributed by atoms with Crippen LogP contribution in [0.3, 0.4) is 0 Å². The maximum absolute atomic E-state index is 11.7. The van der Waals surface area contributed by atoms with Crippen LogP contribution in [-0.4, -0.2) is 29.6 Å². The van der Waals surface area contributed by atoms with E-state index in [1.807, 2.05) is 0 Å². The first-order valence-corrected chi connectivity index (χ1v) is 5.93. The average molecular weight is 275 g/mol. The number of hydrogen-bond donors (Lipinski definition) is 2. The van der Waals surface area contributed by atoms with Crippen molar-refractivity contribution in [2.24, 2.45) is 0 Å². The molecule has 102 valence electrons. The minimum atomic E-state index is -0.425. The Balaban J connectivity index is 0.00000162. The van der Waals surface area contributed by atoms with E-state index in [9.17, 15) is 4.79 Å². The second-order valence-corrected chi connectivity index (χ2v) is 4.50. The van der Waals surface area contributed by atoms with Crippen molar-refractivity contribution in [1.29, 1.82) is 0 Å². The molecule has 1 saturated carbocycles. The van der Waals surface area contributed by atoms with Gasteiger partial charge in [0.05, 0.1) is 6.54 Å². The normalized spacial score (nSPS) is 17.2. The molecule has 0 radical (unpaired) electrons. The van der Waals surface area contributed by atoms with Crippen LogP contribution >= 0.6 is 12.4 Å². The highest BCUT2D eigenvalue weighted by Gasteiger charge is 2.40. The molecular weight excluding hydrogens is 256 g/mol. The Bertz CT molecular complexity index is 402. The minimum Gasteiger partial charge on any atom is -0.342 e. The standard InChI is InChI=1S/C11H18N4O2.ClH/c1-8-13-10(15-17-8)11(5-3-4-6-11)14-9(16)7-12-2;/h12H,3-7H2,1-2H3,(H,14,16);1H. The molecule has 6 nitrogen and oxygen atoms in total. The largest absolute Gasteiger partial charge is 0.342 e. The summed E-state index contributed by atoms with van der Waals surface area (Å²) in [5, 5.41) is 9.84. The zero-order valence-corrected chi connectivity index (χ0v) is 11.5. The molecule has 0 aliphatic heterocycles. The van der Waals surface area contributed by atoms with Gasteiger partial charge in [-0.2, -0.15) is 4.98 Å². The van der Waals surface area contributed by atoms with Crippen LogP contribution in [0, 0.1) is 6.92 Å². The minimum absolute atomic E-state index is 0. The van der Waals surface area contributed by atoms with Gasteiger partial charge in [0.1, 0.15) is 5.54 Å². The molecule has 1 amide bonds. The molecule has 2 rings (SSSR count). The predicted molar refractivity (Wildman–Crippen MR) is 68.5 cm³/mol. The highest BCUT2D eigenvalue weighted by Crippen LogP contribution is 2.37. The van der Waals surface area contributed by atoms with E-state index in [0.717, 1.165) is 25.7 Å². The van der Waals surface area contributed by atoms with Crippen LogP contribution in [0.5, 0.6) is 0 Å². The highest BCUT2D eigenvalue weighted by atomic mass is 35.5. The van der Waals surface area contributed by atoms with Gasteiger partial charge in [-0.05, 0) is 19.9 Å². The molecule has 18 heavy (non-hydrogen) atoms. The predicted octanol–water partition coefficient (Wildman–Crippen LogP) is 0.905. The van der Waals surface area contributed by atoms with Crippen LogP contribution in [0.2, 0.25) is 0 Å². The maximum atomic E-state index is 11.7. The molecule has 0 bridgehead atoms. The highest BCUT2D eigenvalue weighted by molar-refractivity contribution is 5.85. The molecule has 1 aromatic heterocycles. The number of halogens is 1. The van der Waals surface area contributed by atoms with Crippen LogP contribution in [0.1, 0.15) is 37.4 Å². The molecule has 0 saturated heterocycles. The molecule has 0 spiro atoms. The number of carbonyl (C=O) groups is 1. The van der Waals surface area contributed by atoms with Crippen molar-refractivity contribution < 1.29 is 9.32 Å². The van der Waals surface area contributed by atoms with Crippen LogP contribution in [0.25, 0.3) is 0 Å². The Morgan fingerprint density at radius 1 is 1.44 bits per heavy atom. The summed E-state index contributed by atoms with van der Waals surface area (Å²) in [6.07, 6.45) is 3.91. The first kappa shape index (κ1) is 14.9. The maximum Gasteiger partial charge on any atom is 0.234 e. The van der Waals surface area contributed by atoms with E-state index in [-0.39, 0.29) is 18.3 Å². The Kier molecular flexibility index (Phi) is 5.10. The van der Waals surface area contributed by atoms with Gasteiger partial charge in [0, 0.05) is 6.92 Å². The summed E-state index contributed by atoms with van der Waals surface area (Å²) in [5.41, 5.74) is -0.425. The van der Waals surface area contributed by atoms with E-state index in [1.165, 1.54) is 0 Å². The molecule has 0 aromatic carbocycles. The van der Waals surface area contributed by atoms with Crippen LogP contribution < -0.4 is 10.6 Å². The Hall–Kier alpha value is -1.14. The van der Waals surface area contributed by atoms with E-state index in [2.05, 4.69) is 20.8 Å². The summed E-state index contributed by atoms with van der Waals surface area (Å²) in [6, 6.07) is 0. The fraction of sp³-hybridized carbons (Fsp3) is 0.727. The second-order valence-electron chi connectivity index (χ2n) is 4.50. The van der Waals surface area contributed by atoms with E-state index >= 15 is 0 Å². The molecule has 0 unspecified atom stereocenters. The number of hydrogen-bond acceptors (Lipinski definition) is 5. The number of carbonyl (C=O) groups excluding carboxylic acids is 1. The molecule has 1 aromatic rings. The van der Waals surface area contributed by atoms with Gasteiger partial charge in [-0.25, -0.2) is 0 Å². The van der Waals surface area contributed by atoms with Gasteiger partial charge in [-0.1, -0.05) is 18.0 Å². The fourth-order valence-corrected chi connectivity index (χ4v) is 2.35. The van der Waals surface area contributed by atoms with Crippen molar-refractivity contribution in [1.82, 2.24) is 20.8 Å². The van der Waals surface area contributed by atoms with Crippen LogP contribution in [0.4, 0.5) is 0 Å². The van der Waals surface area contributed by atoms with Gasteiger partial charge in [0.25, 0.3) is 0 Å². The molecule has 0 atom stereocenters. The number of nitrogens with one attached hydrogen (secondary N) is 2. The number of rotatable bonds is 4. The second kappa shape index (κ2) is 6.15. The monoisotopic (exact) mass is 274 g/mol. The lowest BCUT2D eigenvalue weighted by molar-refractivity contribution is -0.122. The third-order valence-corrected chi connectivity index (χ3v) is 3.13. The average Bonchev–Trinajstić information content (AvgIpc) is 2.88. The summed E-state index contributed by atoms with van der Waals surface area (Å²) in [4.78, 5) is 16.0. The van der Waals surface area contributed by atoms with E-state index in [1.54, 1.807) is 14.0 Å². The smallest absolute Gasteiger partial charge is 0.234 e. The van der Waals surface area contributed by atoms with Crippen molar-refractivity contribution in [3.05, 3.63) is 11.7 Å². The van der Waals surface area contributed by atoms with Crippen molar-refractivity contribution in [3.8, 4) is 0 Å². The van der Waals surface area contributed by atoms with Gasteiger partial charge in [0.2, 0.25) is 11.8 Å². The van der Waals surface area contributed by atoms with E-state index in [0.29, 0.717) is 18.3 Å². The molecule has 1 aliphatic carbocycles. The van der Waals surface area contributed by atoms with Gasteiger partial charge in [-0.3, -0.25) is 4.79 Å². The van der Waals surface area contributed by atoms with Crippen LogP contribution in [0.15, 0.2) is 4.52 Å². The summed E-state index contributed by atoms with van der Waals surface area (Å²) < 4.78 is 5.02. The topological polar surface area (TPSA) is 80.0 Å². The Morgan fingerprint density at radius 2 is 2.11 bits per heavy atom. The van der Waals surface area contributed by atoms with Gasteiger partial charge in [-0.15, -0.1) is 12.4 Å². The van der Waals surface area contributed by atoms with E-state index < -0.39 is 5.54 Å². The van der Waals surface area contributed by atoms with Gasteiger partial charge >= 0.3 is 0 Å². The number of nitrogens with zero attached hydrogens (tertiary/aromatic N) is 2. The van der Waals surface area contributed by atoms with E-state index in [4.69, 9.17) is 4.52 Å². The third-order valence-electron chi connectivity index (χ3n) is 3.13. The van der Waals surface area contributed by atoms with Gasteiger partial charge < -0.3 is 15.2 Å². The summed E-state index contributed by atoms with van der Waals surface area (Å²) in [7, 11) is 1.75. The van der Waals surface area contributed by atoms with Crippen LogP contribution in [-0.2, 0) is 10.3 Å². The SMILES string of the molecule is CNCC(=O)NC1(c2noc(C)n2)CCCC1.Cl. The van der Waals surface area contributed by atoms with Crippen molar-refractivity contribution in [2.45, 2.75) is 38.1 Å². The van der Waals surface area contributed by atoms with Crippen molar-refractivity contribution >= 4 is 18.3 Å². The Labute approximate surface area is 112 Å². The zero-order chi connectivity index (χ0) is 12.3. The first-order valence-electron chi connectivity index (χ1n) is 5.93. The number of amides is 1. The molecule has 1 fully saturated rings. The molecule has 1 aliphatic rings. The van der Waals surface area contributed by atoms with Crippen molar-refractivity contribution in [2.75, 3.05) is 13.6 Å². The zero-order valence-electron chi connectivity index (χ0n) is 10.7. The molecule has 7 heteroatoms. The lowest BCUT2D eigenvalue weighted by Crippen LogP contribution is -2.47. The molecule has 1 heterocycles. The summed E-state index contributed by atoms with van der Waals surface area (Å²) in [6.45, 7) is 2.06. The quantitative estimate of drug-likeness (QED) is 0.853. The number of likely N-dealkylation sites (N-methyl/N-ethyl adjacent to an activating group) is 1. The molecular formula is C11H19ClN4O2. The fourth-order valence-electron chi connectivity index (χ4n) is 2.35. The van der Waals surface area contributed by atoms with Crippen molar-refractivity contribution in [3.63, 3.8) is 0 Å². The first-order chi connectivity index (χ1) is 8.16. The lowest BCUT2D eigenvalue weighted by atomic mass is 9.96. The van der Waals surface area contributed by atoms with Gasteiger partial charge in [0.15, 0.2) is 5.82 Å². The summed E-state index contributed by atoms with van der Waals surface area (Å²) in [5.74, 6) is 1.11. The Morgan fingerprint density at radius 3 is 2.61 bits per heavy atom. The summed E-state index contributed by atoms with van der Waals surface area (Å²) >= 11 is 0. The number of aryl methyl sites for hydroxylation is 1.